The van der Waals surface area contributed by atoms with Gasteiger partial charge in [0.15, 0.2) is 0 Å². The normalized spacial score (nSPS) is 18.1. The number of carbonyl (C=O) groups excluding carboxylic acids is 2. The molecule has 1 unspecified atom stereocenters. The summed E-state index contributed by atoms with van der Waals surface area (Å²) in [5.74, 6) is -0.898. The molecule has 114 valence electrons. The Bertz CT molecular complexity index is 542. The number of ether oxygens (including phenoxy) is 1. The molecular formula is C16H22N2O3. The van der Waals surface area contributed by atoms with E-state index in [-0.39, 0.29) is 11.8 Å². The molecule has 0 aromatic heterocycles. The second-order valence-electron chi connectivity index (χ2n) is 5.33. The average molecular weight is 290 g/mol. The van der Waals surface area contributed by atoms with Crippen LogP contribution >= 0.6 is 0 Å². The molecule has 21 heavy (non-hydrogen) atoms. The topological polar surface area (TPSA) is 58.6 Å². The summed E-state index contributed by atoms with van der Waals surface area (Å²) in [5.41, 5.74) is 3.15. The summed E-state index contributed by atoms with van der Waals surface area (Å²) in [6.45, 7) is 5.50. The highest BCUT2D eigenvalue weighted by Crippen LogP contribution is 2.29. The van der Waals surface area contributed by atoms with Crippen LogP contribution in [0.15, 0.2) is 18.2 Å². The Kier molecular flexibility index (Phi) is 4.96. The van der Waals surface area contributed by atoms with Crippen molar-refractivity contribution >= 4 is 17.5 Å². The molecule has 2 rings (SSSR count). The number of methoxy groups -OCH3 is 1. The van der Waals surface area contributed by atoms with Gasteiger partial charge in [0.05, 0.1) is 6.61 Å². The van der Waals surface area contributed by atoms with E-state index in [0.717, 1.165) is 16.8 Å². The quantitative estimate of drug-likeness (QED) is 0.659. The van der Waals surface area contributed by atoms with E-state index in [0.29, 0.717) is 26.1 Å². The molecule has 0 spiro atoms. The van der Waals surface area contributed by atoms with Gasteiger partial charge in [0.1, 0.15) is 5.92 Å². The zero-order valence-electron chi connectivity index (χ0n) is 12.8. The SMILES string of the molecule is COCCNC(=O)C1CCN(c2cccc(C)c2C)C1=O. The van der Waals surface area contributed by atoms with Crippen LogP contribution < -0.4 is 10.2 Å². The number of carbonyl (C=O) groups is 2. The second-order valence-corrected chi connectivity index (χ2v) is 5.33. The van der Waals surface area contributed by atoms with Gasteiger partial charge < -0.3 is 15.0 Å². The first-order valence-corrected chi connectivity index (χ1v) is 7.20. The third-order valence-electron chi connectivity index (χ3n) is 3.99. The Morgan fingerprint density at radius 3 is 2.90 bits per heavy atom. The molecule has 0 saturated carbocycles. The number of amides is 2. The summed E-state index contributed by atoms with van der Waals surface area (Å²) in [7, 11) is 1.58. The summed E-state index contributed by atoms with van der Waals surface area (Å²) >= 11 is 0. The van der Waals surface area contributed by atoms with Crippen molar-refractivity contribution in [3.63, 3.8) is 0 Å². The van der Waals surface area contributed by atoms with Crippen LogP contribution in [0.1, 0.15) is 17.5 Å². The minimum absolute atomic E-state index is 0.112. The lowest BCUT2D eigenvalue weighted by Gasteiger charge is -2.20. The highest BCUT2D eigenvalue weighted by molar-refractivity contribution is 6.09. The maximum atomic E-state index is 12.5. The fraction of sp³-hybridized carbons (Fsp3) is 0.500. The first-order valence-electron chi connectivity index (χ1n) is 7.20. The van der Waals surface area contributed by atoms with E-state index >= 15 is 0 Å². The predicted octanol–water partition coefficient (Wildman–Crippen LogP) is 1.42. The number of nitrogens with one attached hydrogen (secondary N) is 1. The largest absolute Gasteiger partial charge is 0.383 e. The number of hydrogen-bond acceptors (Lipinski definition) is 3. The molecule has 2 amide bonds. The van der Waals surface area contributed by atoms with Crippen LogP contribution in [0.3, 0.4) is 0 Å². The lowest BCUT2D eigenvalue weighted by Crippen LogP contribution is -2.38. The minimum atomic E-state index is -0.582. The molecule has 0 radical (unpaired) electrons. The number of hydrogen-bond donors (Lipinski definition) is 1. The third kappa shape index (κ3) is 3.24. The van der Waals surface area contributed by atoms with Crippen molar-refractivity contribution in [3.05, 3.63) is 29.3 Å². The number of rotatable bonds is 5. The summed E-state index contributed by atoms with van der Waals surface area (Å²) in [6, 6.07) is 5.90. The molecule has 1 N–H and O–H groups in total. The van der Waals surface area contributed by atoms with E-state index in [2.05, 4.69) is 5.32 Å². The molecule has 5 heteroatoms. The van der Waals surface area contributed by atoms with E-state index in [1.807, 2.05) is 32.0 Å². The number of aryl methyl sites for hydroxylation is 1. The number of benzene rings is 1. The average Bonchev–Trinajstić information content (AvgIpc) is 2.84. The molecule has 0 bridgehead atoms. The van der Waals surface area contributed by atoms with Crippen molar-refractivity contribution in [2.45, 2.75) is 20.3 Å². The van der Waals surface area contributed by atoms with Gasteiger partial charge >= 0.3 is 0 Å². The standard InChI is InChI=1S/C16H22N2O3/c1-11-5-4-6-14(12(11)2)18-9-7-13(16(18)20)15(19)17-8-10-21-3/h4-6,13H,7-10H2,1-3H3,(H,17,19). The monoisotopic (exact) mass is 290 g/mol. The molecular weight excluding hydrogens is 268 g/mol. The highest BCUT2D eigenvalue weighted by atomic mass is 16.5. The van der Waals surface area contributed by atoms with Gasteiger partial charge in [-0.3, -0.25) is 9.59 Å². The van der Waals surface area contributed by atoms with Gasteiger partial charge in [-0.25, -0.2) is 0 Å². The fourth-order valence-corrected chi connectivity index (χ4v) is 2.59. The molecule has 1 fully saturated rings. The van der Waals surface area contributed by atoms with Crippen LogP contribution in [0, 0.1) is 19.8 Å². The van der Waals surface area contributed by atoms with Crippen molar-refractivity contribution in [2.75, 3.05) is 31.7 Å². The summed E-state index contributed by atoms with van der Waals surface area (Å²) in [5, 5.41) is 2.74. The van der Waals surface area contributed by atoms with E-state index in [1.54, 1.807) is 12.0 Å². The predicted molar refractivity (Wildman–Crippen MR) is 81.3 cm³/mol. The van der Waals surface area contributed by atoms with Gasteiger partial charge in [-0.1, -0.05) is 12.1 Å². The molecule has 0 aliphatic carbocycles. The summed E-state index contributed by atoms with van der Waals surface area (Å²) in [6.07, 6.45) is 0.561. The van der Waals surface area contributed by atoms with E-state index < -0.39 is 5.92 Å². The molecule has 1 atom stereocenters. The Hall–Kier alpha value is -1.88. The zero-order chi connectivity index (χ0) is 15.4. The van der Waals surface area contributed by atoms with Gasteiger partial charge in [0.25, 0.3) is 0 Å². The van der Waals surface area contributed by atoms with Crippen LogP contribution in [-0.2, 0) is 14.3 Å². The van der Waals surface area contributed by atoms with E-state index in [4.69, 9.17) is 4.74 Å². The maximum absolute atomic E-state index is 12.5. The fourth-order valence-electron chi connectivity index (χ4n) is 2.59. The van der Waals surface area contributed by atoms with Crippen molar-refractivity contribution in [1.82, 2.24) is 5.32 Å². The van der Waals surface area contributed by atoms with Crippen LogP contribution in [0.2, 0.25) is 0 Å². The second kappa shape index (κ2) is 6.72. The first-order chi connectivity index (χ1) is 10.1. The lowest BCUT2D eigenvalue weighted by atomic mass is 10.1. The van der Waals surface area contributed by atoms with Crippen LogP contribution in [0.25, 0.3) is 0 Å². The number of anilines is 1. The number of nitrogens with zero attached hydrogens (tertiary/aromatic N) is 1. The molecule has 1 saturated heterocycles. The van der Waals surface area contributed by atoms with Crippen molar-refractivity contribution in [3.8, 4) is 0 Å². The van der Waals surface area contributed by atoms with Gasteiger partial charge in [-0.05, 0) is 37.5 Å². The van der Waals surface area contributed by atoms with Crippen molar-refractivity contribution in [2.24, 2.45) is 5.92 Å². The zero-order valence-corrected chi connectivity index (χ0v) is 12.8. The van der Waals surface area contributed by atoms with Gasteiger partial charge in [-0.15, -0.1) is 0 Å². The van der Waals surface area contributed by atoms with Crippen molar-refractivity contribution < 1.29 is 14.3 Å². The first kappa shape index (κ1) is 15.5. The van der Waals surface area contributed by atoms with Gasteiger partial charge in [0, 0.05) is 25.9 Å². The van der Waals surface area contributed by atoms with Crippen molar-refractivity contribution in [1.29, 1.82) is 0 Å². The summed E-state index contributed by atoms with van der Waals surface area (Å²) < 4.78 is 4.89. The summed E-state index contributed by atoms with van der Waals surface area (Å²) in [4.78, 5) is 26.2. The lowest BCUT2D eigenvalue weighted by molar-refractivity contribution is -0.132. The molecule has 1 aliphatic rings. The Labute approximate surface area is 125 Å². The van der Waals surface area contributed by atoms with Crippen LogP contribution in [0.5, 0.6) is 0 Å². The van der Waals surface area contributed by atoms with E-state index in [9.17, 15) is 9.59 Å². The molecule has 5 nitrogen and oxygen atoms in total. The van der Waals surface area contributed by atoms with Crippen LogP contribution in [-0.4, -0.2) is 38.6 Å². The molecule has 1 heterocycles. The minimum Gasteiger partial charge on any atom is -0.383 e. The molecule has 1 aliphatic heterocycles. The Morgan fingerprint density at radius 2 is 2.19 bits per heavy atom. The van der Waals surface area contributed by atoms with Gasteiger partial charge in [0.2, 0.25) is 11.8 Å². The van der Waals surface area contributed by atoms with E-state index in [1.165, 1.54) is 0 Å². The maximum Gasteiger partial charge on any atom is 0.239 e. The van der Waals surface area contributed by atoms with Gasteiger partial charge in [-0.2, -0.15) is 0 Å². The Morgan fingerprint density at radius 1 is 1.43 bits per heavy atom. The highest BCUT2D eigenvalue weighted by Gasteiger charge is 2.37. The molecule has 1 aromatic carbocycles. The Balaban J connectivity index is 2.08. The molecule has 1 aromatic rings. The smallest absolute Gasteiger partial charge is 0.239 e. The van der Waals surface area contributed by atoms with Crippen LogP contribution in [0.4, 0.5) is 5.69 Å². The third-order valence-corrected chi connectivity index (χ3v) is 3.99.